The molecule has 3 heteroatoms. The Bertz CT molecular complexity index is 639. The predicted octanol–water partition coefficient (Wildman–Crippen LogP) is 5.08. The summed E-state index contributed by atoms with van der Waals surface area (Å²) in [6.07, 6.45) is 0. The minimum Gasteiger partial charge on any atom is -0.457 e. The molecule has 2 nitrogen and oxygen atoms in total. The Hall–Kier alpha value is -1.80. The van der Waals surface area contributed by atoms with Crippen molar-refractivity contribution in [3.63, 3.8) is 0 Å². The molecule has 0 fully saturated rings. The second kappa shape index (κ2) is 6.97. The first-order valence-corrected chi connectivity index (χ1v) is 7.85. The van der Waals surface area contributed by atoms with Crippen molar-refractivity contribution in [1.29, 1.82) is 0 Å². The Morgan fingerprint density at radius 3 is 2.32 bits per heavy atom. The first-order valence-electron chi connectivity index (χ1n) is 7.31. The highest BCUT2D eigenvalue weighted by Crippen LogP contribution is 2.22. The molecule has 2 rings (SSSR count). The highest BCUT2D eigenvalue weighted by molar-refractivity contribution is 6.17. The largest absolute Gasteiger partial charge is 0.457 e. The Balaban J connectivity index is 1.99. The summed E-state index contributed by atoms with van der Waals surface area (Å²) in [5.41, 5.74) is 3.80. The Kier molecular flexibility index (Phi) is 5.25. The standard InChI is InChI=1S/C19H21ClO2/c1-19(2,3)17-9-7-14(8-10-17)13-22-18(21)16-6-4-5-15(11-16)12-20/h4-11H,12-13H2,1-3H3. The lowest BCUT2D eigenvalue weighted by atomic mass is 9.87. The number of hydrogen-bond acceptors (Lipinski definition) is 2. The van der Waals surface area contributed by atoms with Crippen molar-refractivity contribution in [2.75, 3.05) is 0 Å². The van der Waals surface area contributed by atoms with Crippen LogP contribution in [0.5, 0.6) is 0 Å². The lowest BCUT2D eigenvalue weighted by Gasteiger charge is -2.19. The molecule has 0 aliphatic rings. The molecule has 0 aliphatic carbocycles. The molecule has 0 heterocycles. The molecule has 0 unspecified atom stereocenters. The van der Waals surface area contributed by atoms with E-state index in [0.717, 1.165) is 11.1 Å². The second-order valence-electron chi connectivity index (χ2n) is 6.36. The van der Waals surface area contributed by atoms with Gasteiger partial charge in [0.05, 0.1) is 5.56 Å². The van der Waals surface area contributed by atoms with Crippen molar-refractivity contribution >= 4 is 17.6 Å². The minimum absolute atomic E-state index is 0.122. The maximum atomic E-state index is 12.0. The van der Waals surface area contributed by atoms with E-state index in [4.69, 9.17) is 16.3 Å². The first-order chi connectivity index (χ1) is 10.4. The second-order valence-corrected chi connectivity index (χ2v) is 6.62. The van der Waals surface area contributed by atoms with Crippen molar-refractivity contribution in [1.82, 2.24) is 0 Å². The van der Waals surface area contributed by atoms with Crippen LogP contribution in [0.2, 0.25) is 0 Å². The van der Waals surface area contributed by atoms with Gasteiger partial charge >= 0.3 is 5.97 Å². The van der Waals surface area contributed by atoms with Gasteiger partial charge in [-0.1, -0.05) is 57.2 Å². The highest BCUT2D eigenvalue weighted by atomic mass is 35.5. The van der Waals surface area contributed by atoms with Gasteiger partial charge in [-0.2, -0.15) is 0 Å². The summed E-state index contributed by atoms with van der Waals surface area (Å²) in [5.74, 6) is 0.0573. The molecule has 2 aromatic rings. The van der Waals surface area contributed by atoms with E-state index in [0.29, 0.717) is 11.4 Å². The molecule has 0 N–H and O–H groups in total. The highest BCUT2D eigenvalue weighted by Gasteiger charge is 2.13. The molecule has 0 saturated carbocycles. The van der Waals surface area contributed by atoms with Crippen LogP contribution in [0, 0.1) is 0 Å². The smallest absolute Gasteiger partial charge is 0.338 e. The molecule has 0 aliphatic heterocycles. The summed E-state index contributed by atoms with van der Waals surface area (Å²) in [7, 11) is 0. The van der Waals surface area contributed by atoms with Crippen LogP contribution in [0.25, 0.3) is 0 Å². The van der Waals surface area contributed by atoms with Crippen LogP contribution in [-0.2, 0) is 22.6 Å². The number of ether oxygens (including phenoxy) is 1. The van der Waals surface area contributed by atoms with Gasteiger partial charge in [0.25, 0.3) is 0 Å². The number of rotatable bonds is 4. The third-order valence-corrected chi connectivity index (χ3v) is 3.82. The summed E-state index contributed by atoms with van der Waals surface area (Å²) in [5, 5.41) is 0. The third kappa shape index (κ3) is 4.35. The number of halogens is 1. The van der Waals surface area contributed by atoms with Crippen LogP contribution in [0.4, 0.5) is 0 Å². The van der Waals surface area contributed by atoms with Gasteiger partial charge in [0.15, 0.2) is 0 Å². The fraction of sp³-hybridized carbons (Fsp3) is 0.316. The molecule has 2 aromatic carbocycles. The quantitative estimate of drug-likeness (QED) is 0.581. The molecule has 116 valence electrons. The summed E-state index contributed by atoms with van der Waals surface area (Å²) in [4.78, 5) is 12.0. The zero-order valence-electron chi connectivity index (χ0n) is 13.2. The van der Waals surface area contributed by atoms with Crippen LogP contribution >= 0.6 is 11.6 Å². The van der Waals surface area contributed by atoms with E-state index in [2.05, 4.69) is 32.9 Å². The average Bonchev–Trinajstić information content (AvgIpc) is 2.52. The van der Waals surface area contributed by atoms with Crippen LogP contribution in [-0.4, -0.2) is 5.97 Å². The Morgan fingerprint density at radius 1 is 1.05 bits per heavy atom. The van der Waals surface area contributed by atoms with Gasteiger partial charge in [-0.25, -0.2) is 4.79 Å². The van der Waals surface area contributed by atoms with Crippen LogP contribution < -0.4 is 0 Å². The number of carbonyl (C=O) groups is 1. The van der Waals surface area contributed by atoms with E-state index in [1.807, 2.05) is 24.3 Å². The van der Waals surface area contributed by atoms with E-state index in [1.54, 1.807) is 12.1 Å². The average molecular weight is 317 g/mol. The topological polar surface area (TPSA) is 26.3 Å². The summed E-state index contributed by atoms with van der Waals surface area (Å²) < 4.78 is 5.36. The molecule has 0 atom stereocenters. The van der Waals surface area contributed by atoms with Gasteiger partial charge < -0.3 is 4.74 Å². The van der Waals surface area contributed by atoms with Crippen molar-refractivity contribution in [3.05, 3.63) is 70.8 Å². The van der Waals surface area contributed by atoms with Crippen molar-refractivity contribution in [2.24, 2.45) is 0 Å². The van der Waals surface area contributed by atoms with E-state index in [-0.39, 0.29) is 18.0 Å². The maximum absolute atomic E-state index is 12.0. The zero-order chi connectivity index (χ0) is 16.2. The zero-order valence-corrected chi connectivity index (χ0v) is 14.0. The fourth-order valence-corrected chi connectivity index (χ4v) is 2.28. The van der Waals surface area contributed by atoms with Crippen molar-refractivity contribution in [2.45, 2.75) is 38.7 Å². The van der Waals surface area contributed by atoms with Crippen LogP contribution in [0.1, 0.15) is 47.8 Å². The van der Waals surface area contributed by atoms with Gasteiger partial charge in [-0.05, 0) is 34.2 Å². The third-order valence-electron chi connectivity index (χ3n) is 3.51. The van der Waals surface area contributed by atoms with E-state index < -0.39 is 0 Å². The number of hydrogen-bond donors (Lipinski definition) is 0. The van der Waals surface area contributed by atoms with Gasteiger partial charge in [-0.3, -0.25) is 0 Å². The molecule has 22 heavy (non-hydrogen) atoms. The number of alkyl halides is 1. The first kappa shape index (κ1) is 16.6. The Morgan fingerprint density at radius 2 is 1.73 bits per heavy atom. The molecular weight excluding hydrogens is 296 g/mol. The normalized spacial score (nSPS) is 11.3. The molecule has 0 spiro atoms. The lowest BCUT2D eigenvalue weighted by molar-refractivity contribution is 0.0472. The van der Waals surface area contributed by atoms with E-state index >= 15 is 0 Å². The van der Waals surface area contributed by atoms with Gasteiger partial charge in [-0.15, -0.1) is 11.6 Å². The monoisotopic (exact) mass is 316 g/mol. The molecule has 0 radical (unpaired) electrons. The van der Waals surface area contributed by atoms with Gasteiger partial charge in [0.2, 0.25) is 0 Å². The SMILES string of the molecule is CC(C)(C)c1ccc(COC(=O)c2cccc(CCl)c2)cc1. The van der Waals surface area contributed by atoms with E-state index in [9.17, 15) is 4.79 Å². The van der Waals surface area contributed by atoms with Gasteiger partial charge in [0, 0.05) is 5.88 Å². The number of carbonyl (C=O) groups excluding carboxylic acids is 1. The molecule has 0 aromatic heterocycles. The Labute approximate surface area is 137 Å². The predicted molar refractivity (Wildman–Crippen MR) is 90.3 cm³/mol. The number of esters is 1. The fourth-order valence-electron chi connectivity index (χ4n) is 2.11. The number of benzene rings is 2. The van der Waals surface area contributed by atoms with Crippen LogP contribution in [0.15, 0.2) is 48.5 Å². The lowest BCUT2D eigenvalue weighted by Crippen LogP contribution is -2.11. The molecular formula is C19H21ClO2. The van der Waals surface area contributed by atoms with E-state index in [1.165, 1.54) is 5.56 Å². The van der Waals surface area contributed by atoms with Gasteiger partial charge in [0.1, 0.15) is 6.61 Å². The summed E-state index contributed by atoms with van der Waals surface area (Å²) in [6, 6.07) is 15.4. The van der Waals surface area contributed by atoms with Crippen LogP contribution in [0.3, 0.4) is 0 Å². The van der Waals surface area contributed by atoms with Crippen molar-refractivity contribution < 1.29 is 9.53 Å². The molecule has 0 saturated heterocycles. The minimum atomic E-state index is -0.327. The summed E-state index contributed by atoms with van der Waals surface area (Å²) >= 11 is 5.78. The maximum Gasteiger partial charge on any atom is 0.338 e. The molecule has 0 amide bonds. The summed E-state index contributed by atoms with van der Waals surface area (Å²) in [6.45, 7) is 6.79. The molecule has 0 bridgehead atoms. The van der Waals surface area contributed by atoms with Crippen molar-refractivity contribution in [3.8, 4) is 0 Å².